The maximum Gasteiger partial charge on any atom is 0.345 e. The van der Waals surface area contributed by atoms with Gasteiger partial charge in [0.05, 0.1) is 9.85 Å². The van der Waals surface area contributed by atoms with Crippen molar-refractivity contribution in [3.8, 4) is 0 Å². The standard InChI is InChI=1S/C11H8N4O5S/c1-6-2-3-7(4-8(6)14(17)18)10(16)13-11-12-5-9(21-11)15(19)20/h2-5H,1H3,(H,12,13,16). The average molecular weight is 308 g/mol. The minimum atomic E-state index is -0.623. The second-order valence-corrected chi connectivity index (χ2v) is 4.98. The van der Waals surface area contributed by atoms with E-state index in [-0.39, 0.29) is 21.4 Å². The largest absolute Gasteiger partial charge is 0.345 e. The van der Waals surface area contributed by atoms with Crippen molar-refractivity contribution in [1.29, 1.82) is 0 Å². The number of amides is 1. The molecule has 1 amide bonds. The van der Waals surface area contributed by atoms with Crippen LogP contribution in [0.5, 0.6) is 0 Å². The van der Waals surface area contributed by atoms with E-state index in [0.29, 0.717) is 16.9 Å². The number of thiazole rings is 1. The minimum Gasteiger partial charge on any atom is -0.298 e. The Kier molecular flexibility index (Phi) is 3.89. The smallest absolute Gasteiger partial charge is 0.298 e. The molecular formula is C11H8N4O5S. The SMILES string of the molecule is Cc1ccc(C(=O)Nc2ncc([N+](=O)[O-])s2)cc1[N+](=O)[O-]. The summed E-state index contributed by atoms with van der Waals surface area (Å²) < 4.78 is 0. The Bertz CT molecular complexity index is 742. The van der Waals surface area contributed by atoms with Gasteiger partial charge in [-0.2, -0.15) is 0 Å². The van der Waals surface area contributed by atoms with Crippen molar-refractivity contribution in [1.82, 2.24) is 4.98 Å². The van der Waals surface area contributed by atoms with E-state index in [4.69, 9.17) is 0 Å². The number of aromatic nitrogens is 1. The Hall–Kier alpha value is -2.88. The van der Waals surface area contributed by atoms with E-state index in [1.165, 1.54) is 12.1 Å². The summed E-state index contributed by atoms with van der Waals surface area (Å²) in [5.74, 6) is -0.623. The molecule has 1 heterocycles. The van der Waals surface area contributed by atoms with Gasteiger partial charge in [0.1, 0.15) is 6.20 Å². The predicted molar refractivity (Wildman–Crippen MR) is 74.6 cm³/mol. The molecule has 21 heavy (non-hydrogen) atoms. The molecule has 0 spiro atoms. The number of aryl methyl sites for hydroxylation is 1. The summed E-state index contributed by atoms with van der Waals surface area (Å²) in [4.78, 5) is 35.8. The van der Waals surface area contributed by atoms with E-state index < -0.39 is 15.8 Å². The Morgan fingerprint density at radius 1 is 1.29 bits per heavy atom. The molecule has 2 aromatic rings. The molecule has 1 aromatic carbocycles. The number of carbonyl (C=O) groups excluding carboxylic acids is 1. The Morgan fingerprint density at radius 3 is 2.57 bits per heavy atom. The van der Waals surface area contributed by atoms with Gasteiger partial charge in [-0.3, -0.25) is 30.3 Å². The van der Waals surface area contributed by atoms with Crippen LogP contribution in [0, 0.1) is 27.2 Å². The van der Waals surface area contributed by atoms with Crippen LogP contribution >= 0.6 is 11.3 Å². The Morgan fingerprint density at radius 2 is 2.00 bits per heavy atom. The van der Waals surface area contributed by atoms with Crippen molar-refractivity contribution >= 4 is 33.1 Å². The van der Waals surface area contributed by atoms with E-state index in [0.717, 1.165) is 12.3 Å². The third kappa shape index (κ3) is 3.17. The number of hydrogen-bond donors (Lipinski definition) is 1. The summed E-state index contributed by atoms with van der Waals surface area (Å²) in [6, 6.07) is 4.03. The fourth-order valence-corrected chi connectivity index (χ4v) is 2.15. The summed E-state index contributed by atoms with van der Waals surface area (Å²) >= 11 is 0.702. The fourth-order valence-electron chi connectivity index (χ4n) is 1.52. The number of benzene rings is 1. The molecule has 0 fully saturated rings. The number of nitro benzene ring substituents is 1. The van der Waals surface area contributed by atoms with Gasteiger partial charge >= 0.3 is 5.00 Å². The van der Waals surface area contributed by atoms with Crippen LogP contribution in [0.15, 0.2) is 24.4 Å². The van der Waals surface area contributed by atoms with Gasteiger partial charge in [-0.15, -0.1) is 0 Å². The molecule has 0 aliphatic rings. The third-order valence-corrected chi connectivity index (χ3v) is 3.43. The van der Waals surface area contributed by atoms with E-state index in [9.17, 15) is 25.0 Å². The zero-order valence-electron chi connectivity index (χ0n) is 10.6. The minimum absolute atomic E-state index is 0.0509. The summed E-state index contributed by atoms with van der Waals surface area (Å²) in [7, 11) is 0. The van der Waals surface area contributed by atoms with Crippen molar-refractivity contribution in [3.05, 3.63) is 55.8 Å². The molecule has 0 unspecified atom stereocenters. The molecule has 0 atom stereocenters. The summed E-state index contributed by atoms with van der Waals surface area (Å²) in [6.07, 6.45) is 1.03. The maximum atomic E-state index is 11.9. The van der Waals surface area contributed by atoms with Crippen LogP contribution in [0.1, 0.15) is 15.9 Å². The highest BCUT2D eigenvalue weighted by molar-refractivity contribution is 7.18. The van der Waals surface area contributed by atoms with Gasteiger partial charge in [0.15, 0.2) is 5.13 Å². The second-order valence-electron chi connectivity index (χ2n) is 3.97. The van der Waals surface area contributed by atoms with Gasteiger partial charge in [-0.1, -0.05) is 6.07 Å². The van der Waals surface area contributed by atoms with Crippen LogP contribution in [-0.4, -0.2) is 20.7 Å². The van der Waals surface area contributed by atoms with Crippen LogP contribution in [0.4, 0.5) is 15.8 Å². The maximum absolute atomic E-state index is 11.9. The van der Waals surface area contributed by atoms with Gasteiger partial charge in [-0.05, 0) is 24.3 Å². The van der Waals surface area contributed by atoms with Crippen LogP contribution in [0.25, 0.3) is 0 Å². The van der Waals surface area contributed by atoms with Crippen LogP contribution in [0.3, 0.4) is 0 Å². The number of carbonyl (C=O) groups is 1. The third-order valence-electron chi connectivity index (χ3n) is 2.56. The van der Waals surface area contributed by atoms with Crippen molar-refractivity contribution in [2.45, 2.75) is 6.92 Å². The van der Waals surface area contributed by atoms with Crippen molar-refractivity contribution in [2.24, 2.45) is 0 Å². The first-order chi connectivity index (χ1) is 9.88. The van der Waals surface area contributed by atoms with Gasteiger partial charge in [0.25, 0.3) is 11.6 Å². The topological polar surface area (TPSA) is 128 Å². The molecule has 2 rings (SSSR count). The average Bonchev–Trinajstić information content (AvgIpc) is 2.87. The number of anilines is 1. The molecule has 1 N–H and O–H groups in total. The zero-order valence-corrected chi connectivity index (χ0v) is 11.4. The molecule has 0 aliphatic carbocycles. The van der Waals surface area contributed by atoms with Crippen molar-refractivity contribution in [2.75, 3.05) is 5.32 Å². The molecule has 10 heteroatoms. The van der Waals surface area contributed by atoms with Crippen LogP contribution in [0.2, 0.25) is 0 Å². The second kappa shape index (κ2) is 5.63. The highest BCUT2D eigenvalue weighted by Crippen LogP contribution is 2.26. The summed E-state index contributed by atoms with van der Waals surface area (Å²) in [5.41, 5.74) is 0.333. The molecule has 1 aromatic heterocycles. The summed E-state index contributed by atoms with van der Waals surface area (Å²) in [6.45, 7) is 1.56. The quantitative estimate of drug-likeness (QED) is 0.682. The lowest BCUT2D eigenvalue weighted by Crippen LogP contribution is -2.12. The number of hydrogen-bond acceptors (Lipinski definition) is 7. The molecule has 0 radical (unpaired) electrons. The number of rotatable bonds is 4. The molecular weight excluding hydrogens is 300 g/mol. The van der Waals surface area contributed by atoms with Gasteiger partial charge in [0.2, 0.25) is 0 Å². The Balaban J connectivity index is 2.22. The lowest BCUT2D eigenvalue weighted by atomic mass is 10.1. The van der Waals surface area contributed by atoms with Crippen LogP contribution < -0.4 is 5.32 Å². The number of nitro groups is 2. The molecule has 0 aliphatic heterocycles. The van der Waals surface area contributed by atoms with Gasteiger partial charge < -0.3 is 0 Å². The summed E-state index contributed by atoms with van der Waals surface area (Å²) in [5, 5.41) is 23.5. The fraction of sp³-hybridized carbons (Fsp3) is 0.0909. The first-order valence-corrected chi connectivity index (χ1v) is 6.36. The lowest BCUT2D eigenvalue weighted by Gasteiger charge is -2.03. The first-order valence-electron chi connectivity index (χ1n) is 5.55. The monoisotopic (exact) mass is 308 g/mol. The molecule has 108 valence electrons. The normalized spacial score (nSPS) is 10.1. The highest BCUT2D eigenvalue weighted by atomic mass is 32.1. The molecule has 0 saturated heterocycles. The van der Waals surface area contributed by atoms with E-state index in [2.05, 4.69) is 10.3 Å². The van der Waals surface area contributed by atoms with Crippen molar-refractivity contribution < 1.29 is 14.6 Å². The first kappa shape index (κ1) is 14.5. The van der Waals surface area contributed by atoms with Gasteiger partial charge in [0, 0.05) is 17.2 Å². The predicted octanol–water partition coefficient (Wildman–Crippen LogP) is 2.52. The molecule has 9 nitrogen and oxygen atoms in total. The number of nitrogens with zero attached hydrogens (tertiary/aromatic N) is 3. The van der Waals surface area contributed by atoms with Gasteiger partial charge in [-0.25, -0.2) is 4.98 Å². The van der Waals surface area contributed by atoms with Crippen LogP contribution in [-0.2, 0) is 0 Å². The highest BCUT2D eigenvalue weighted by Gasteiger charge is 2.17. The Labute approximate surface area is 121 Å². The lowest BCUT2D eigenvalue weighted by molar-refractivity contribution is -0.385. The van der Waals surface area contributed by atoms with E-state index >= 15 is 0 Å². The van der Waals surface area contributed by atoms with E-state index in [1.807, 2.05) is 0 Å². The number of nitrogens with one attached hydrogen (secondary N) is 1. The van der Waals surface area contributed by atoms with Crippen molar-refractivity contribution in [3.63, 3.8) is 0 Å². The molecule has 0 saturated carbocycles. The zero-order chi connectivity index (χ0) is 15.6. The van der Waals surface area contributed by atoms with E-state index in [1.54, 1.807) is 6.92 Å². The molecule has 0 bridgehead atoms.